The molecule has 8 heteroatoms. The van der Waals surface area contributed by atoms with E-state index in [4.69, 9.17) is 5.73 Å². The molecule has 0 aliphatic rings. The Labute approximate surface area is 106 Å². The molecule has 3 N–H and O–H groups in total. The predicted molar refractivity (Wildman–Crippen MR) is 68.7 cm³/mol. The summed E-state index contributed by atoms with van der Waals surface area (Å²) in [6.45, 7) is 1.72. The van der Waals surface area contributed by atoms with Gasteiger partial charge in [0.2, 0.25) is 10.0 Å². The second-order valence-electron chi connectivity index (χ2n) is 2.76. The van der Waals surface area contributed by atoms with Crippen molar-refractivity contribution in [1.82, 2.24) is 4.72 Å². The number of aryl methyl sites for hydroxylation is 1. The molecule has 0 spiro atoms. The van der Waals surface area contributed by atoms with Crippen LogP contribution in [0, 0.1) is 6.92 Å². The summed E-state index contributed by atoms with van der Waals surface area (Å²) in [5.74, 6) is 0. The topological polar surface area (TPSA) is 72.2 Å². The molecule has 84 valence electrons. The molecule has 0 radical (unpaired) electrons. The van der Waals surface area contributed by atoms with Crippen molar-refractivity contribution in [2.24, 2.45) is 5.73 Å². The van der Waals surface area contributed by atoms with Crippen LogP contribution in [0.1, 0.15) is 4.88 Å². The Morgan fingerprint density at radius 2 is 2.33 bits per heavy atom. The van der Waals surface area contributed by atoms with Crippen molar-refractivity contribution in [2.45, 2.75) is 11.8 Å². The normalized spacial score (nSPS) is 11.6. The van der Waals surface area contributed by atoms with Crippen LogP contribution in [0.15, 0.2) is 14.7 Å². The molecule has 0 saturated heterocycles. The van der Waals surface area contributed by atoms with Gasteiger partial charge in [0.05, 0.1) is 20.2 Å². The fourth-order valence-corrected chi connectivity index (χ4v) is 4.52. The highest BCUT2D eigenvalue weighted by Crippen LogP contribution is 2.29. The zero-order chi connectivity index (χ0) is 11.6. The van der Waals surface area contributed by atoms with Gasteiger partial charge in [0.25, 0.3) is 0 Å². The van der Waals surface area contributed by atoms with Crippen LogP contribution in [0.3, 0.4) is 0 Å². The van der Waals surface area contributed by atoms with Crippen molar-refractivity contribution in [3.8, 4) is 0 Å². The van der Waals surface area contributed by atoms with Crippen LogP contribution in [-0.2, 0) is 10.0 Å². The predicted octanol–water partition coefficient (Wildman–Crippen LogP) is 1.38. The van der Waals surface area contributed by atoms with Crippen LogP contribution >= 0.6 is 39.5 Å². The minimum absolute atomic E-state index is 0.0232. The van der Waals surface area contributed by atoms with E-state index in [9.17, 15) is 8.42 Å². The minimum Gasteiger partial charge on any atom is -0.392 e. The second-order valence-corrected chi connectivity index (χ2v) is 7.66. The summed E-state index contributed by atoms with van der Waals surface area (Å²) in [4.78, 5) is 1.10. The van der Waals surface area contributed by atoms with Crippen molar-refractivity contribution in [3.63, 3.8) is 0 Å². The van der Waals surface area contributed by atoms with Gasteiger partial charge < -0.3 is 5.73 Å². The van der Waals surface area contributed by atoms with Crippen LogP contribution in [0.2, 0.25) is 0 Å². The van der Waals surface area contributed by atoms with Crippen LogP contribution in [0.5, 0.6) is 0 Å². The van der Waals surface area contributed by atoms with E-state index >= 15 is 0 Å². The lowest BCUT2D eigenvalue weighted by Crippen LogP contribution is -2.32. The Kier molecular flexibility index (Phi) is 4.24. The first-order valence-corrected chi connectivity index (χ1v) is 7.37. The molecule has 0 bridgehead atoms. The molecule has 0 aliphatic carbocycles. The van der Waals surface area contributed by atoms with Gasteiger partial charge in [0.1, 0.15) is 0 Å². The van der Waals surface area contributed by atoms with E-state index in [0.29, 0.717) is 0 Å². The lowest BCUT2D eigenvalue weighted by molar-refractivity contribution is 0.586. The molecule has 0 aliphatic heterocycles. The maximum absolute atomic E-state index is 11.7. The average Bonchev–Trinajstić information content (AvgIpc) is 2.43. The maximum Gasteiger partial charge on any atom is 0.242 e. The summed E-state index contributed by atoms with van der Waals surface area (Å²) >= 11 is 9.19. The molecule has 0 unspecified atom stereocenters. The van der Waals surface area contributed by atoms with Gasteiger partial charge in [0.15, 0.2) is 0 Å². The van der Waals surface area contributed by atoms with E-state index in [1.54, 1.807) is 13.0 Å². The number of thiocarbonyl (C=S) groups is 1. The molecular weight excluding hydrogens is 320 g/mol. The molecule has 15 heavy (non-hydrogen) atoms. The summed E-state index contributed by atoms with van der Waals surface area (Å²) in [5.41, 5.74) is 5.22. The number of nitrogens with one attached hydrogen (secondary N) is 1. The number of hydrogen-bond acceptors (Lipinski definition) is 4. The highest BCUT2D eigenvalue weighted by atomic mass is 79.9. The lowest BCUT2D eigenvalue weighted by atomic mass is 10.5. The summed E-state index contributed by atoms with van der Waals surface area (Å²) < 4.78 is 26.6. The van der Waals surface area contributed by atoms with Crippen molar-refractivity contribution in [3.05, 3.63) is 14.7 Å². The number of rotatable bonds is 4. The number of hydrogen-bond donors (Lipinski definition) is 2. The summed E-state index contributed by atoms with van der Waals surface area (Å²) in [5, 5.41) is 0. The fourth-order valence-electron chi connectivity index (χ4n) is 0.941. The van der Waals surface area contributed by atoms with Crippen molar-refractivity contribution < 1.29 is 8.42 Å². The molecular formula is C7H9BrN2O2S3. The molecule has 1 aromatic rings. The van der Waals surface area contributed by atoms with E-state index in [2.05, 4.69) is 32.9 Å². The first-order valence-electron chi connectivity index (χ1n) is 3.87. The summed E-state index contributed by atoms with van der Waals surface area (Å²) in [7, 11) is -3.50. The lowest BCUT2D eigenvalue weighted by Gasteiger charge is -2.04. The van der Waals surface area contributed by atoms with Crippen molar-refractivity contribution in [1.29, 1.82) is 0 Å². The standard InChI is InChI=1S/C7H9BrN2O2S3/c1-4-5(2-6(8)14-4)15(11,12)10-3-7(9)13/h2,10H,3H2,1H3,(H2,9,13). The highest BCUT2D eigenvalue weighted by Gasteiger charge is 2.18. The summed E-state index contributed by atoms with van der Waals surface area (Å²) in [6.07, 6.45) is 0. The van der Waals surface area contributed by atoms with Gasteiger partial charge in [-0.15, -0.1) is 11.3 Å². The van der Waals surface area contributed by atoms with Crippen LogP contribution in [0.4, 0.5) is 0 Å². The third-order valence-electron chi connectivity index (χ3n) is 1.57. The van der Waals surface area contributed by atoms with Gasteiger partial charge in [-0.2, -0.15) is 0 Å². The van der Waals surface area contributed by atoms with Crippen molar-refractivity contribution in [2.75, 3.05) is 6.54 Å². The first kappa shape index (κ1) is 13.0. The van der Waals surface area contributed by atoms with Crippen LogP contribution in [-0.4, -0.2) is 20.0 Å². The number of halogens is 1. The molecule has 0 fully saturated rings. The Morgan fingerprint density at radius 1 is 1.73 bits per heavy atom. The van der Waals surface area contributed by atoms with Gasteiger partial charge in [-0.25, -0.2) is 13.1 Å². The van der Waals surface area contributed by atoms with E-state index in [1.165, 1.54) is 11.3 Å². The van der Waals surface area contributed by atoms with E-state index in [0.717, 1.165) is 8.66 Å². The monoisotopic (exact) mass is 328 g/mol. The van der Waals surface area contributed by atoms with Crippen molar-refractivity contribution >= 4 is 54.5 Å². The van der Waals surface area contributed by atoms with Gasteiger partial charge in [-0.05, 0) is 28.9 Å². The Bertz CT molecular complexity index is 480. The minimum atomic E-state index is -3.50. The van der Waals surface area contributed by atoms with Gasteiger partial charge in [-0.1, -0.05) is 12.2 Å². The van der Waals surface area contributed by atoms with E-state index in [1.807, 2.05) is 0 Å². The third kappa shape index (κ3) is 3.49. The molecule has 4 nitrogen and oxygen atoms in total. The zero-order valence-electron chi connectivity index (χ0n) is 7.78. The molecule has 0 amide bonds. The van der Waals surface area contributed by atoms with Gasteiger partial charge >= 0.3 is 0 Å². The summed E-state index contributed by atoms with van der Waals surface area (Å²) in [6, 6.07) is 1.56. The first-order chi connectivity index (χ1) is 6.83. The van der Waals surface area contributed by atoms with Gasteiger partial charge in [-0.3, -0.25) is 0 Å². The van der Waals surface area contributed by atoms with Gasteiger partial charge in [0, 0.05) is 4.88 Å². The molecule has 0 saturated carbocycles. The molecule has 1 aromatic heterocycles. The average molecular weight is 329 g/mol. The Morgan fingerprint density at radius 3 is 2.73 bits per heavy atom. The fraction of sp³-hybridized carbons (Fsp3) is 0.286. The smallest absolute Gasteiger partial charge is 0.242 e. The quantitative estimate of drug-likeness (QED) is 0.819. The highest BCUT2D eigenvalue weighted by molar-refractivity contribution is 9.11. The third-order valence-corrected chi connectivity index (χ3v) is 4.92. The number of nitrogens with two attached hydrogens (primary N) is 1. The molecule has 1 heterocycles. The maximum atomic E-state index is 11.7. The van der Waals surface area contributed by atoms with Crippen LogP contribution < -0.4 is 10.5 Å². The zero-order valence-corrected chi connectivity index (χ0v) is 11.8. The van der Waals surface area contributed by atoms with Crippen LogP contribution in [0.25, 0.3) is 0 Å². The SMILES string of the molecule is Cc1sc(Br)cc1S(=O)(=O)NCC(N)=S. The number of thiophene rings is 1. The molecule has 1 rings (SSSR count). The Balaban J connectivity index is 2.96. The molecule has 0 aromatic carbocycles. The van der Waals surface area contributed by atoms with E-state index in [-0.39, 0.29) is 16.4 Å². The number of sulfonamides is 1. The molecule has 0 atom stereocenters. The largest absolute Gasteiger partial charge is 0.392 e. The Hall–Kier alpha value is -0.0200. The van der Waals surface area contributed by atoms with E-state index < -0.39 is 10.0 Å². The second kappa shape index (κ2) is 4.88.